The van der Waals surface area contributed by atoms with Crippen molar-refractivity contribution >= 4 is 15.7 Å². The number of carbonyl (C=O) groups excluding carboxylic acids is 1. The molecule has 2 aromatic heterocycles. The van der Waals surface area contributed by atoms with Gasteiger partial charge in [-0.15, -0.1) is 0 Å². The summed E-state index contributed by atoms with van der Waals surface area (Å²) >= 11 is 0. The molecule has 0 bridgehead atoms. The van der Waals surface area contributed by atoms with E-state index in [0.717, 1.165) is 21.9 Å². The molecule has 0 aliphatic rings. The van der Waals surface area contributed by atoms with E-state index in [1.807, 2.05) is 0 Å². The second-order valence-electron chi connectivity index (χ2n) is 6.27. The number of aromatic nitrogens is 3. The summed E-state index contributed by atoms with van der Waals surface area (Å²) < 4.78 is 30.2. The number of nitrogens with two attached hydrogens (primary N) is 1. The smallest absolute Gasteiger partial charge is 0.257 e. The Morgan fingerprint density at radius 1 is 1.18 bits per heavy atom. The van der Waals surface area contributed by atoms with E-state index in [4.69, 9.17) is 10.3 Å². The van der Waals surface area contributed by atoms with Crippen molar-refractivity contribution in [2.75, 3.05) is 6.26 Å². The zero-order valence-corrected chi connectivity index (χ0v) is 15.8. The zero-order valence-electron chi connectivity index (χ0n) is 15.0. The van der Waals surface area contributed by atoms with Gasteiger partial charge in [0, 0.05) is 30.5 Å². The lowest BCUT2D eigenvalue weighted by Crippen LogP contribution is -2.29. The molecule has 146 valence electrons. The average Bonchev–Trinajstić information content (AvgIpc) is 3.16. The molecule has 9 nitrogen and oxygen atoms in total. The highest BCUT2D eigenvalue weighted by Gasteiger charge is 2.24. The van der Waals surface area contributed by atoms with Crippen LogP contribution in [0.1, 0.15) is 18.2 Å². The molecule has 1 unspecified atom stereocenters. The van der Waals surface area contributed by atoms with E-state index in [1.165, 1.54) is 18.6 Å². The summed E-state index contributed by atoms with van der Waals surface area (Å²) in [5.74, 6) is -0.243. The summed E-state index contributed by atoms with van der Waals surface area (Å²) in [5.41, 5.74) is 6.75. The molecule has 0 aliphatic heterocycles. The monoisotopic (exact) mass is 402 g/mol. The topological polar surface area (TPSA) is 138 Å². The number of hydrogen-bond acceptors (Lipinski definition) is 7. The fourth-order valence-electron chi connectivity index (χ4n) is 2.84. The lowest BCUT2D eigenvalue weighted by atomic mass is 10.0. The molecule has 1 amide bonds. The summed E-state index contributed by atoms with van der Waals surface area (Å²) in [6, 6.07) is 10.1. The van der Waals surface area contributed by atoms with Gasteiger partial charge < -0.3 is 10.3 Å². The van der Waals surface area contributed by atoms with Gasteiger partial charge >= 0.3 is 0 Å². The molecule has 0 spiro atoms. The highest BCUT2D eigenvalue weighted by atomic mass is 32.2. The van der Waals surface area contributed by atoms with Gasteiger partial charge in [-0.25, -0.2) is 8.42 Å². The molecule has 10 heteroatoms. The molecule has 2 heterocycles. The second kappa shape index (κ2) is 7.77. The van der Waals surface area contributed by atoms with Crippen LogP contribution in [-0.4, -0.2) is 35.3 Å². The largest absolute Gasteiger partial charge is 0.370 e. The fraction of sp³-hybridized carbons (Fsp3) is 0.222. The van der Waals surface area contributed by atoms with Crippen molar-refractivity contribution in [2.24, 2.45) is 5.73 Å². The first-order valence-electron chi connectivity index (χ1n) is 8.32. The molecule has 0 saturated heterocycles. The van der Waals surface area contributed by atoms with Crippen LogP contribution in [0.25, 0.3) is 22.6 Å². The summed E-state index contributed by atoms with van der Waals surface area (Å²) in [4.78, 5) is 27.5. The summed E-state index contributed by atoms with van der Waals surface area (Å²) in [7, 11) is -3.61. The van der Waals surface area contributed by atoms with Gasteiger partial charge in [-0.2, -0.15) is 4.98 Å². The Balaban J connectivity index is 1.91. The Hall–Kier alpha value is -3.27. The minimum absolute atomic E-state index is 0.0632. The Morgan fingerprint density at radius 3 is 2.39 bits per heavy atom. The zero-order chi connectivity index (χ0) is 20.3. The van der Waals surface area contributed by atoms with Crippen molar-refractivity contribution in [2.45, 2.75) is 18.2 Å². The predicted octanol–water partition coefficient (Wildman–Crippen LogP) is 1.37. The van der Waals surface area contributed by atoms with Crippen LogP contribution < -0.4 is 11.3 Å². The average molecular weight is 402 g/mol. The lowest BCUT2D eigenvalue weighted by Gasteiger charge is -2.18. The van der Waals surface area contributed by atoms with Crippen molar-refractivity contribution < 1.29 is 17.7 Å². The normalized spacial score (nSPS) is 12.6. The van der Waals surface area contributed by atoms with E-state index in [2.05, 4.69) is 10.1 Å². The highest BCUT2D eigenvalue weighted by Crippen LogP contribution is 2.24. The molecule has 2 N–H and O–H groups in total. The van der Waals surface area contributed by atoms with Crippen LogP contribution in [0.15, 0.2) is 58.2 Å². The van der Waals surface area contributed by atoms with Crippen LogP contribution in [0.3, 0.4) is 0 Å². The van der Waals surface area contributed by atoms with E-state index in [9.17, 15) is 18.0 Å². The summed E-state index contributed by atoms with van der Waals surface area (Å²) in [5, 5.41) is 2.40. The summed E-state index contributed by atoms with van der Waals surface area (Å²) in [6.45, 7) is 0. The molecule has 3 rings (SSSR count). The van der Waals surface area contributed by atoms with Crippen molar-refractivity contribution in [1.29, 1.82) is 0 Å². The maximum Gasteiger partial charge on any atom is 0.257 e. The molecule has 1 aromatic carbocycles. The molecular formula is C18H18N4O5S. The van der Waals surface area contributed by atoms with E-state index < -0.39 is 26.7 Å². The maximum absolute atomic E-state index is 12.5. The first-order chi connectivity index (χ1) is 13.3. The number of hydrogen-bond donors (Lipinski definition) is 1. The predicted molar refractivity (Wildman–Crippen MR) is 102 cm³/mol. The van der Waals surface area contributed by atoms with Crippen molar-refractivity contribution in [3.63, 3.8) is 0 Å². The first kappa shape index (κ1) is 19.5. The third kappa shape index (κ3) is 4.34. The maximum atomic E-state index is 12.5. The number of pyridine rings is 1. The van der Waals surface area contributed by atoms with Gasteiger partial charge in [0.05, 0.1) is 0 Å². The Labute approximate surface area is 160 Å². The van der Waals surface area contributed by atoms with Gasteiger partial charge in [0.1, 0.15) is 5.37 Å². The summed E-state index contributed by atoms with van der Waals surface area (Å²) in [6.07, 6.45) is 3.54. The number of sulfone groups is 1. The number of amides is 1. The third-order valence-corrected chi connectivity index (χ3v) is 5.67. The van der Waals surface area contributed by atoms with Crippen LogP contribution in [0.4, 0.5) is 0 Å². The van der Waals surface area contributed by atoms with Crippen LogP contribution in [0.5, 0.6) is 0 Å². The molecule has 1 atom stereocenters. The minimum atomic E-state index is -3.61. The molecule has 0 aliphatic carbocycles. The van der Waals surface area contributed by atoms with E-state index in [0.29, 0.717) is 11.5 Å². The van der Waals surface area contributed by atoms with Crippen molar-refractivity contribution in [3.8, 4) is 22.6 Å². The first-order valence-corrected chi connectivity index (χ1v) is 10.3. The van der Waals surface area contributed by atoms with Gasteiger partial charge in [-0.05, 0) is 35.7 Å². The SMILES string of the molecule is CS(=O)(=O)C(CCC(N)=O)n1ccc(-c2ccc(-c3ncno3)cc2)cc1=O. The van der Waals surface area contributed by atoms with Crippen molar-refractivity contribution in [1.82, 2.24) is 14.7 Å². The van der Waals surface area contributed by atoms with Gasteiger partial charge in [-0.1, -0.05) is 17.3 Å². The number of primary amides is 1. The Bertz CT molecular complexity index is 1140. The Morgan fingerprint density at radius 2 is 1.86 bits per heavy atom. The van der Waals surface area contributed by atoms with E-state index in [-0.39, 0.29) is 12.8 Å². The minimum Gasteiger partial charge on any atom is -0.370 e. The Kier molecular flexibility index (Phi) is 5.41. The van der Waals surface area contributed by atoms with Crippen LogP contribution in [0.2, 0.25) is 0 Å². The van der Waals surface area contributed by atoms with E-state index >= 15 is 0 Å². The molecular weight excluding hydrogens is 384 g/mol. The van der Waals surface area contributed by atoms with Gasteiger partial charge in [0.2, 0.25) is 5.91 Å². The molecule has 0 saturated carbocycles. The number of nitrogens with zero attached hydrogens (tertiary/aromatic N) is 3. The van der Waals surface area contributed by atoms with Gasteiger partial charge in [0.15, 0.2) is 16.2 Å². The molecule has 0 fully saturated rings. The second-order valence-corrected chi connectivity index (χ2v) is 8.48. The van der Waals surface area contributed by atoms with Gasteiger partial charge in [-0.3, -0.25) is 14.2 Å². The number of rotatable bonds is 7. The van der Waals surface area contributed by atoms with Crippen molar-refractivity contribution in [3.05, 3.63) is 59.3 Å². The van der Waals surface area contributed by atoms with Crippen LogP contribution >= 0.6 is 0 Å². The number of benzene rings is 1. The standard InChI is InChI=1S/C18H18N4O5S/c1-28(25,26)17(7-6-15(19)23)22-9-8-14(10-16(22)24)12-2-4-13(5-3-12)18-20-11-21-27-18/h2-5,8-11,17H,6-7H2,1H3,(H2,19,23). The quantitative estimate of drug-likeness (QED) is 0.630. The molecule has 3 aromatic rings. The molecule has 28 heavy (non-hydrogen) atoms. The lowest BCUT2D eigenvalue weighted by molar-refractivity contribution is -0.118. The van der Waals surface area contributed by atoms with Gasteiger partial charge in [0.25, 0.3) is 11.4 Å². The molecule has 0 radical (unpaired) electrons. The van der Waals surface area contributed by atoms with Crippen LogP contribution in [0, 0.1) is 0 Å². The fourth-order valence-corrected chi connectivity index (χ4v) is 3.97. The van der Waals surface area contributed by atoms with E-state index in [1.54, 1.807) is 30.3 Å². The highest BCUT2D eigenvalue weighted by molar-refractivity contribution is 7.90. The third-order valence-electron chi connectivity index (χ3n) is 4.22. The van der Waals surface area contributed by atoms with Crippen LogP contribution in [-0.2, 0) is 14.6 Å². The number of carbonyl (C=O) groups is 1.